The maximum Gasteiger partial charge on any atom is 0.319 e. The van der Waals surface area contributed by atoms with E-state index in [9.17, 15) is 9.59 Å². The molecule has 2 aromatic rings. The molecule has 0 radical (unpaired) electrons. The molecule has 0 bridgehead atoms. The molecular formula is C21H25N3O3. The Balaban J connectivity index is 1.50. The van der Waals surface area contributed by atoms with Crippen LogP contribution in [0.5, 0.6) is 5.75 Å². The standard InChI is InChI=1S/C21H25N3O3/c1-21(2)14-27-18-13-16(10-11-17(18)24-19(21)25)23-20(26)22-12-6-9-15-7-4-3-5-8-15/h3-5,7-8,10-11,13H,6,9,12,14H2,1-2H3,(H,24,25)(H2,22,23,26). The average molecular weight is 367 g/mol. The number of aryl methyl sites for hydroxylation is 1. The first kappa shape index (κ1) is 18.8. The summed E-state index contributed by atoms with van der Waals surface area (Å²) < 4.78 is 5.75. The van der Waals surface area contributed by atoms with E-state index in [-0.39, 0.29) is 18.5 Å². The molecular weight excluding hydrogens is 342 g/mol. The first-order valence-corrected chi connectivity index (χ1v) is 9.11. The van der Waals surface area contributed by atoms with Crippen molar-refractivity contribution >= 4 is 23.3 Å². The fraction of sp³-hybridized carbons (Fsp3) is 0.333. The molecule has 27 heavy (non-hydrogen) atoms. The van der Waals surface area contributed by atoms with Crippen molar-refractivity contribution in [1.82, 2.24) is 5.32 Å². The molecule has 0 unspecified atom stereocenters. The van der Waals surface area contributed by atoms with Crippen molar-refractivity contribution in [3.05, 3.63) is 54.1 Å². The summed E-state index contributed by atoms with van der Waals surface area (Å²) in [7, 11) is 0. The van der Waals surface area contributed by atoms with Gasteiger partial charge in [0.25, 0.3) is 0 Å². The van der Waals surface area contributed by atoms with Crippen LogP contribution in [0.4, 0.5) is 16.2 Å². The van der Waals surface area contributed by atoms with Crippen molar-refractivity contribution in [2.24, 2.45) is 5.41 Å². The number of hydrogen-bond donors (Lipinski definition) is 3. The summed E-state index contributed by atoms with van der Waals surface area (Å²) in [6, 6.07) is 15.1. The highest BCUT2D eigenvalue weighted by Gasteiger charge is 2.32. The highest BCUT2D eigenvalue weighted by molar-refractivity contribution is 5.97. The van der Waals surface area contributed by atoms with Gasteiger partial charge < -0.3 is 20.7 Å². The van der Waals surface area contributed by atoms with Gasteiger partial charge >= 0.3 is 6.03 Å². The monoisotopic (exact) mass is 367 g/mol. The Bertz CT molecular complexity index is 819. The van der Waals surface area contributed by atoms with Gasteiger partial charge in [0, 0.05) is 18.3 Å². The van der Waals surface area contributed by atoms with Crippen molar-refractivity contribution in [3.63, 3.8) is 0 Å². The SMILES string of the molecule is CC1(C)COc2cc(NC(=O)NCCCc3ccccc3)ccc2NC1=O. The average Bonchev–Trinajstić information content (AvgIpc) is 2.76. The number of benzene rings is 2. The molecule has 3 amide bonds. The van der Waals surface area contributed by atoms with Crippen molar-refractivity contribution in [2.45, 2.75) is 26.7 Å². The molecule has 142 valence electrons. The number of fused-ring (bicyclic) bond motifs is 1. The topological polar surface area (TPSA) is 79.5 Å². The Morgan fingerprint density at radius 2 is 1.96 bits per heavy atom. The smallest absolute Gasteiger partial charge is 0.319 e. The Morgan fingerprint density at radius 3 is 2.74 bits per heavy atom. The van der Waals surface area contributed by atoms with Gasteiger partial charge in [-0.2, -0.15) is 0 Å². The van der Waals surface area contributed by atoms with Crippen LogP contribution in [0.2, 0.25) is 0 Å². The summed E-state index contributed by atoms with van der Waals surface area (Å²) in [5.74, 6) is 0.467. The second kappa shape index (κ2) is 8.12. The summed E-state index contributed by atoms with van der Waals surface area (Å²) >= 11 is 0. The number of carbonyl (C=O) groups is 2. The van der Waals surface area contributed by atoms with Crippen LogP contribution in [0.15, 0.2) is 48.5 Å². The van der Waals surface area contributed by atoms with Crippen LogP contribution in [0.25, 0.3) is 0 Å². The van der Waals surface area contributed by atoms with E-state index in [0.717, 1.165) is 12.8 Å². The fourth-order valence-electron chi connectivity index (χ4n) is 2.75. The molecule has 0 atom stereocenters. The number of urea groups is 1. The van der Waals surface area contributed by atoms with E-state index >= 15 is 0 Å². The largest absolute Gasteiger partial charge is 0.490 e. The first-order valence-electron chi connectivity index (χ1n) is 9.11. The van der Waals surface area contributed by atoms with E-state index in [4.69, 9.17) is 4.74 Å². The number of anilines is 2. The van der Waals surface area contributed by atoms with Gasteiger partial charge in [0.2, 0.25) is 5.91 Å². The lowest BCUT2D eigenvalue weighted by molar-refractivity contribution is -0.124. The zero-order valence-corrected chi connectivity index (χ0v) is 15.7. The van der Waals surface area contributed by atoms with Crippen LogP contribution in [0.3, 0.4) is 0 Å². The van der Waals surface area contributed by atoms with Crippen molar-refractivity contribution in [1.29, 1.82) is 0 Å². The lowest BCUT2D eigenvalue weighted by atomic mass is 9.94. The molecule has 2 aromatic carbocycles. The summed E-state index contributed by atoms with van der Waals surface area (Å²) in [4.78, 5) is 24.2. The minimum atomic E-state index is -0.608. The Hall–Kier alpha value is -3.02. The van der Waals surface area contributed by atoms with E-state index in [1.54, 1.807) is 18.2 Å². The lowest BCUT2D eigenvalue weighted by Gasteiger charge is -2.18. The quantitative estimate of drug-likeness (QED) is 0.703. The van der Waals surface area contributed by atoms with E-state index in [1.807, 2.05) is 32.0 Å². The zero-order valence-electron chi connectivity index (χ0n) is 15.7. The lowest BCUT2D eigenvalue weighted by Crippen LogP contribution is -2.33. The van der Waals surface area contributed by atoms with Crippen LogP contribution in [0.1, 0.15) is 25.8 Å². The molecule has 1 aliphatic rings. The van der Waals surface area contributed by atoms with Gasteiger partial charge in [0.15, 0.2) is 0 Å². The molecule has 6 heteroatoms. The molecule has 3 N–H and O–H groups in total. The second-order valence-corrected chi connectivity index (χ2v) is 7.31. The van der Waals surface area contributed by atoms with Gasteiger partial charge in [-0.1, -0.05) is 30.3 Å². The molecule has 1 heterocycles. The third-order valence-corrected chi connectivity index (χ3v) is 4.46. The number of ether oxygens (including phenoxy) is 1. The number of rotatable bonds is 5. The van der Waals surface area contributed by atoms with E-state index < -0.39 is 5.41 Å². The molecule has 0 saturated heterocycles. The highest BCUT2D eigenvalue weighted by Crippen LogP contribution is 2.34. The molecule has 0 spiro atoms. The van der Waals surface area contributed by atoms with Crippen LogP contribution < -0.4 is 20.7 Å². The van der Waals surface area contributed by atoms with Gasteiger partial charge in [-0.25, -0.2) is 4.79 Å². The molecule has 0 aliphatic carbocycles. The van der Waals surface area contributed by atoms with Gasteiger partial charge in [-0.3, -0.25) is 4.79 Å². The summed E-state index contributed by atoms with van der Waals surface area (Å²) in [6.07, 6.45) is 1.79. The normalized spacial score (nSPS) is 15.0. The molecule has 3 rings (SSSR count). The predicted molar refractivity (Wildman–Crippen MR) is 106 cm³/mol. The van der Waals surface area contributed by atoms with Crippen LogP contribution >= 0.6 is 0 Å². The van der Waals surface area contributed by atoms with Crippen molar-refractivity contribution in [2.75, 3.05) is 23.8 Å². The van der Waals surface area contributed by atoms with Crippen LogP contribution in [-0.4, -0.2) is 25.1 Å². The van der Waals surface area contributed by atoms with Gasteiger partial charge in [-0.15, -0.1) is 0 Å². The minimum Gasteiger partial charge on any atom is -0.490 e. The number of nitrogens with one attached hydrogen (secondary N) is 3. The van der Waals surface area contributed by atoms with Crippen LogP contribution in [0, 0.1) is 5.41 Å². The maximum atomic E-state index is 12.1. The third kappa shape index (κ3) is 5.00. The second-order valence-electron chi connectivity index (χ2n) is 7.31. The molecule has 1 aliphatic heterocycles. The van der Waals surface area contributed by atoms with E-state index in [2.05, 4.69) is 28.1 Å². The molecule has 6 nitrogen and oxygen atoms in total. The van der Waals surface area contributed by atoms with Crippen molar-refractivity contribution in [3.8, 4) is 5.75 Å². The zero-order chi connectivity index (χ0) is 19.3. The van der Waals surface area contributed by atoms with Gasteiger partial charge in [-0.05, 0) is 44.4 Å². The predicted octanol–water partition coefficient (Wildman–Crippen LogP) is 3.80. The van der Waals surface area contributed by atoms with Crippen LogP contribution in [-0.2, 0) is 11.2 Å². The number of hydrogen-bond acceptors (Lipinski definition) is 3. The van der Waals surface area contributed by atoms with Gasteiger partial charge in [0.1, 0.15) is 12.4 Å². The Morgan fingerprint density at radius 1 is 1.19 bits per heavy atom. The van der Waals surface area contributed by atoms with Gasteiger partial charge in [0.05, 0.1) is 11.1 Å². The van der Waals surface area contributed by atoms with E-state index in [0.29, 0.717) is 23.7 Å². The molecule has 0 aromatic heterocycles. The first-order chi connectivity index (χ1) is 12.9. The number of amides is 3. The Kier molecular flexibility index (Phi) is 5.64. The fourth-order valence-corrected chi connectivity index (χ4v) is 2.75. The summed E-state index contributed by atoms with van der Waals surface area (Å²) in [6.45, 7) is 4.53. The molecule has 0 fully saturated rings. The highest BCUT2D eigenvalue weighted by atomic mass is 16.5. The Labute approximate surface area is 159 Å². The molecule has 0 saturated carbocycles. The third-order valence-electron chi connectivity index (χ3n) is 4.46. The number of carbonyl (C=O) groups excluding carboxylic acids is 2. The maximum absolute atomic E-state index is 12.1. The minimum absolute atomic E-state index is 0.0851. The summed E-state index contributed by atoms with van der Waals surface area (Å²) in [5.41, 5.74) is 1.87. The van der Waals surface area contributed by atoms with Crippen molar-refractivity contribution < 1.29 is 14.3 Å². The van der Waals surface area contributed by atoms with E-state index in [1.165, 1.54) is 5.56 Å². The summed E-state index contributed by atoms with van der Waals surface area (Å²) in [5, 5.41) is 8.51.